The van der Waals surface area contributed by atoms with Crippen LogP contribution in [0.4, 0.5) is 0 Å². The lowest BCUT2D eigenvalue weighted by atomic mass is 9.99. The van der Waals surface area contributed by atoms with Crippen LogP contribution in [0, 0.1) is 0 Å². The second-order valence-electron chi connectivity index (χ2n) is 7.89. The molecule has 0 amide bonds. The van der Waals surface area contributed by atoms with Crippen LogP contribution >= 0.6 is 11.6 Å². The predicted octanol–water partition coefficient (Wildman–Crippen LogP) is 5.06. The molecule has 0 spiro atoms. The SMILES string of the molecule is COc1ccc(/C=C(/C(=O)OC2CC3CCC(C2)N3C)c2ccc(Cl)cc2)cc1. The minimum Gasteiger partial charge on any atom is -0.497 e. The summed E-state index contributed by atoms with van der Waals surface area (Å²) in [5.74, 6) is 0.497. The minimum atomic E-state index is -0.280. The first kappa shape index (κ1) is 20.0. The molecule has 29 heavy (non-hydrogen) atoms. The van der Waals surface area contributed by atoms with E-state index in [2.05, 4.69) is 11.9 Å². The van der Waals surface area contributed by atoms with Crippen LogP contribution in [0.5, 0.6) is 5.75 Å². The number of benzene rings is 2. The van der Waals surface area contributed by atoms with Crippen LogP contribution in [-0.2, 0) is 9.53 Å². The number of hydrogen-bond donors (Lipinski definition) is 0. The Morgan fingerprint density at radius 3 is 2.24 bits per heavy atom. The zero-order chi connectivity index (χ0) is 20.4. The standard InChI is InChI=1S/C24H26ClNO3/c1-26-19-9-10-20(26)15-22(14-19)29-24(27)23(17-5-7-18(25)8-6-17)13-16-3-11-21(28-2)12-4-16/h3-8,11-13,19-20,22H,9-10,14-15H2,1-2H3/b23-13+. The van der Waals surface area contributed by atoms with Crippen molar-refractivity contribution in [3.63, 3.8) is 0 Å². The van der Waals surface area contributed by atoms with Gasteiger partial charge in [0.2, 0.25) is 0 Å². The van der Waals surface area contributed by atoms with E-state index in [1.54, 1.807) is 19.2 Å². The van der Waals surface area contributed by atoms with Gasteiger partial charge in [-0.1, -0.05) is 35.9 Å². The molecule has 2 saturated heterocycles. The van der Waals surface area contributed by atoms with Crippen molar-refractivity contribution in [2.24, 2.45) is 0 Å². The Morgan fingerprint density at radius 1 is 1.03 bits per heavy atom. The highest BCUT2D eigenvalue weighted by Crippen LogP contribution is 2.36. The summed E-state index contributed by atoms with van der Waals surface area (Å²) in [6.07, 6.45) is 6.06. The van der Waals surface area contributed by atoms with Gasteiger partial charge in [-0.2, -0.15) is 0 Å². The van der Waals surface area contributed by atoms with Crippen molar-refractivity contribution in [3.8, 4) is 5.75 Å². The molecule has 2 aliphatic rings. The first-order valence-corrected chi connectivity index (χ1v) is 10.5. The maximum absolute atomic E-state index is 13.2. The number of methoxy groups -OCH3 is 1. The molecule has 2 aliphatic heterocycles. The quantitative estimate of drug-likeness (QED) is 0.391. The van der Waals surface area contributed by atoms with Crippen molar-refractivity contribution in [2.75, 3.05) is 14.2 Å². The number of carbonyl (C=O) groups is 1. The summed E-state index contributed by atoms with van der Waals surface area (Å²) < 4.78 is 11.2. The Hall–Kier alpha value is -2.30. The second-order valence-corrected chi connectivity index (χ2v) is 8.32. The molecule has 2 aromatic rings. The average Bonchev–Trinajstić information content (AvgIpc) is 2.93. The predicted molar refractivity (Wildman–Crippen MR) is 116 cm³/mol. The van der Waals surface area contributed by atoms with Crippen LogP contribution in [0.1, 0.15) is 36.8 Å². The van der Waals surface area contributed by atoms with Crippen molar-refractivity contribution in [1.82, 2.24) is 4.90 Å². The summed E-state index contributed by atoms with van der Waals surface area (Å²) >= 11 is 6.04. The summed E-state index contributed by atoms with van der Waals surface area (Å²) in [7, 11) is 3.82. The normalized spacial score (nSPS) is 24.4. The smallest absolute Gasteiger partial charge is 0.339 e. The molecule has 0 radical (unpaired) electrons. The maximum Gasteiger partial charge on any atom is 0.339 e. The van der Waals surface area contributed by atoms with Crippen LogP contribution in [0.3, 0.4) is 0 Å². The third kappa shape index (κ3) is 4.49. The van der Waals surface area contributed by atoms with E-state index in [0.717, 1.165) is 29.7 Å². The summed E-state index contributed by atoms with van der Waals surface area (Å²) in [6.45, 7) is 0. The summed E-state index contributed by atoms with van der Waals surface area (Å²) in [4.78, 5) is 15.6. The Kier molecular flexibility index (Phi) is 5.93. The number of nitrogens with zero attached hydrogens (tertiary/aromatic N) is 1. The van der Waals surface area contributed by atoms with Gasteiger partial charge in [-0.15, -0.1) is 0 Å². The Labute approximate surface area is 177 Å². The highest BCUT2D eigenvalue weighted by atomic mass is 35.5. The van der Waals surface area contributed by atoms with E-state index in [4.69, 9.17) is 21.1 Å². The van der Waals surface area contributed by atoms with Gasteiger partial charge < -0.3 is 14.4 Å². The Balaban J connectivity index is 1.58. The number of hydrogen-bond acceptors (Lipinski definition) is 4. The van der Waals surface area contributed by atoms with Crippen LogP contribution in [0.2, 0.25) is 5.02 Å². The largest absolute Gasteiger partial charge is 0.497 e. The van der Waals surface area contributed by atoms with E-state index in [1.807, 2.05) is 42.5 Å². The van der Waals surface area contributed by atoms with Crippen molar-refractivity contribution >= 4 is 29.2 Å². The van der Waals surface area contributed by atoms with Gasteiger partial charge in [0.25, 0.3) is 0 Å². The minimum absolute atomic E-state index is 0.0252. The van der Waals surface area contributed by atoms with Gasteiger partial charge in [-0.3, -0.25) is 0 Å². The van der Waals surface area contributed by atoms with E-state index in [-0.39, 0.29) is 12.1 Å². The molecule has 2 atom stereocenters. The van der Waals surface area contributed by atoms with E-state index in [1.165, 1.54) is 12.8 Å². The van der Waals surface area contributed by atoms with Crippen molar-refractivity contribution < 1.29 is 14.3 Å². The molecule has 0 aliphatic carbocycles. The summed E-state index contributed by atoms with van der Waals surface area (Å²) in [5, 5.41) is 0.637. The molecular weight excluding hydrogens is 386 g/mol. The fraction of sp³-hybridized carbons (Fsp3) is 0.375. The molecule has 0 saturated carbocycles. The number of rotatable bonds is 5. The molecule has 4 nitrogen and oxygen atoms in total. The fourth-order valence-corrected chi connectivity index (χ4v) is 4.56. The number of ether oxygens (including phenoxy) is 2. The molecule has 5 heteroatoms. The lowest BCUT2D eigenvalue weighted by Crippen LogP contribution is -2.43. The molecule has 152 valence electrons. The molecule has 4 rings (SSSR count). The third-order valence-electron chi connectivity index (χ3n) is 6.13. The number of piperidine rings is 1. The van der Waals surface area contributed by atoms with Crippen molar-refractivity contribution in [1.29, 1.82) is 0 Å². The molecule has 2 aromatic carbocycles. The van der Waals surface area contributed by atoms with Gasteiger partial charge in [-0.05, 0) is 61.4 Å². The van der Waals surface area contributed by atoms with Crippen LogP contribution in [-0.4, -0.2) is 43.2 Å². The summed E-state index contributed by atoms with van der Waals surface area (Å²) in [5.41, 5.74) is 2.25. The maximum atomic E-state index is 13.2. The Bertz CT molecular complexity index is 877. The Morgan fingerprint density at radius 2 is 1.66 bits per heavy atom. The van der Waals surface area contributed by atoms with Gasteiger partial charge in [0.05, 0.1) is 12.7 Å². The molecular formula is C24H26ClNO3. The number of fused-ring (bicyclic) bond motifs is 2. The number of halogens is 1. The lowest BCUT2D eigenvalue weighted by Gasteiger charge is -2.35. The third-order valence-corrected chi connectivity index (χ3v) is 6.38. The molecule has 0 aromatic heterocycles. The van der Waals surface area contributed by atoms with Crippen LogP contribution in [0.15, 0.2) is 48.5 Å². The highest BCUT2D eigenvalue weighted by molar-refractivity contribution is 6.30. The second kappa shape index (κ2) is 8.60. The first-order valence-electron chi connectivity index (χ1n) is 10.1. The molecule has 2 heterocycles. The van der Waals surface area contributed by atoms with Gasteiger partial charge in [0.15, 0.2) is 0 Å². The zero-order valence-corrected chi connectivity index (χ0v) is 17.6. The monoisotopic (exact) mass is 411 g/mol. The first-order chi connectivity index (χ1) is 14.0. The molecule has 2 unspecified atom stereocenters. The molecule has 2 fully saturated rings. The topological polar surface area (TPSA) is 38.8 Å². The van der Waals surface area contributed by atoms with Gasteiger partial charge >= 0.3 is 5.97 Å². The van der Waals surface area contributed by atoms with Crippen LogP contribution in [0.25, 0.3) is 11.6 Å². The van der Waals surface area contributed by atoms with Crippen molar-refractivity contribution in [3.05, 3.63) is 64.7 Å². The molecule has 2 bridgehead atoms. The van der Waals surface area contributed by atoms with Gasteiger partial charge in [-0.25, -0.2) is 4.79 Å². The van der Waals surface area contributed by atoms with E-state index in [0.29, 0.717) is 22.7 Å². The zero-order valence-electron chi connectivity index (χ0n) is 16.8. The van der Waals surface area contributed by atoms with Crippen molar-refractivity contribution in [2.45, 2.75) is 43.9 Å². The van der Waals surface area contributed by atoms with E-state index in [9.17, 15) is 4.79 Å². The van der Waals surface area contributed by atoms with E-state index < -0.39 is 0 Å². The van der Waals surface area contributed by atoms with Crippen LogP contribution < -0.4 is 4.74 Å². The number of carbonyl (C=O) groups excluding carboxylic acids is 1. The highest BCUT2D eigenvalue weighted by Gasteiger charge is 2.40. The fourth-order valence-electron chi connectivity index (χ4n) is 4.43. The lowest BCUT2D eigenvalue weighted by molar-refractivity contribution is -0.144. The molecule has 0 N–H and O–H groups in total. The summed E-state index contributed by atoms with van der Waals surface area (Å²) in [6, 6.07) is 16.0. The van der Waals surface area contributed by atoms with E-state index >= 15 is 0 Å². The average molecular weight is 412 g/mol. The van der Waals surface area contributed by atoms with Gasteiger partial charge in [0, 0.05) is 29.9 Å². The van der Waals surface area contributed by atoms with Gasteiger partial charge in [0.1, 0.15) is 11.9 Å². The number of esters is 1.